The third-order valence-electron chi connectivity index (χ3n) is 1.26. The normalized spacial score (nSPS) is 16.5. The summed E-state index contributed by atoms with van der Waals surface area (Å²) in [6.07, 6.45) is 3.52. The maximum Gasteiger partial charge on any atom is 0.151 e. The molecule has 0 aliphatic carbocycles. The number of hydrogen-bond acceptors (Lipinski definition) is 2. The SMILES string of the molecule is CC(C=CC#C[Si](C)(C)C)[S+](N)[O-]. The summed E-state index contributed by atoms with van der Waals surface area (Å²) in [4.78, 5) is 0. The molecule has 2 atom stereocenters. The average Bonchev–Trinajstić information content (AvgIpc) is 1.95. The first-order valence-corrected chi connectivity index (χ1v) is 8.95. The lowest BCUT2D eigenvalue weighted by molar-refractivity contribution is 0.592. The van der Waals surface area contributed by atoms with Crippen LogP contribution in [0.3, 0.4) is 0 Å². The molecule has 0 rings (SSSR count). The van der Waals surface area contributed by atoms with Crippen molar-refractivity contribution in [1.82, 2.24) is 0 Å². The van der Waals surface area contributed by atoms with Gasteiger partial charge < -0.3 is 4.55 Å². The van der Waals surface area contributed by atoms with Crippen LogP contribution in [-0.2, 0) is 11.4 Å². The summed E-state index contributed by atoms with van der Waals surface area (Å²) >= 11 is -1.28. The van der Waals surface area contributed by atoms with Crippen LogP contribution in [0.25, 0.3) is 0 Å². The first-order valence-electron chi connectivity index (χ1n) is 4.17. The van der Waals surface area contributed by atoms with Gasteiger partial charge in [0, 0.05) is 11.4 Å². The van der Waals surface area contributed by atoms with Crippen molar-refractivity contribution in [3.05, 3.63) is 12.2 Å². The van der Waals surface area contributed by atoms with Crippen LogP contribution >= 0.6 is 0 Å². The minimum atomic E-state index is -1.28. The third-order valence-corrected chi connectivity index (χ3v) is 3.05. The van der Waals surface area contributed by atoms with Crippen molar-refractivity contribution >= 4 is 19.4 Å². The molecule has 0 aliphatic rings. The highest BCUT2D eigenvalue weighted by molar-refractivity contribution is 7.89. The van der Waals surface area contributed by atoms with Gasteiger partial charge in [-0.15, -0.1) is 5.54 Å². The summed E-state index contributed by atoms with van der Waals surface area (Å²) in [5.74, 6) is 2.95. The van der Waals surface area contributed by atoms with Gasteiger partial charge in [-0.3, -0.25) is 0 Å². The van der Waals surface area contributed by atoms with E-state index in [0.717, 1.165) is 0 Å². The Morgan fingerprint density at radius 1 is 1.46 bits per heavy atom. The third kappa shape index (κ3) is 8.13. The molecular formula is C9H17NOSSi. The number of rotatable bonds is 2. The van der Waals surface area contributed by atoms with E-state index in [9.17, 15) is 4.55 Å². The highest BCUT2D eigenvalue weighted by Gasteiger charge is 2.08. The Hall–Kier alpha value is -0.213. The van der Waals surface area contributed by atoms with Crippen molar-refractivity contribution in [3.8, 4) is 11.5 Å². The molecule has 0 spiro atoms. The van der Waals surface area contributed by atoms with E-state index in [1.807, 2.05) is 6.92 Å². The second-order valence-electron chi connectivity index (χ2n) is 3.91. The molecule has 0 heterocycles. The van der Waals surface area contributed by atoms with Crippen LogP contribution in [-0.4, -0.2) is 17.9 Å². The van der Waals surface area contributed by atoms with Crippen molar-refractivity contribution in [2.45, 2.75) is 31.8 Å². The van der Waals surface area contributed by atoms with Crippen molar-refractivity contribution < 1.29 is 4.55 Å². The molecule has 0 bridgehead atoms. The van der Waals surface area contributed by atoms with Gasteiger partial charge in [0.2, 0.25) is 0 Å². The molecule has 13 heavy (non-hydrogen) atoms. The molecule has 0 saturated carbocycles. The molecule has 0 aromatic heterocycles. The van der Waals surface area contributed by atoms with Crippen LogP contribution in [0.15, 0.2) is 12.2 Å². The molecule has 2 nitrogen and oxygen atoms in total. The Kier molecular flexibility index (Phi) is 5.41. The topological polar surface area (TPSA) is 49.1 Å². The standard InChI is InChI=1S/C9H17NOSSi/c1-9(12(10)11)7-5-6-8-13(2,3)4/h5,7,9H,10H2,1-4H3. The van der Waals surface area contributed by atoms with Gasteiger partial charge in [-0.05, 0) is 19.1 Å². The lowest BCUT2D eigenvalue weighted by Gasteiger charge is -2.06. The molecule has 0 aromatic carbocycles. The number of hydrogen-bond donors (Lipinski definition) is 1. The zero-order chi connectivity index (χ0) is 10.5. The first kappa shape index (κ1) is 12.8. The summed E-state index contributed by atoms with van der Waals surface area (Å²) in [7, 11) is -1.28. The van der Waals surface area contributed by atoms with E-state index in [1.165, 1.54) is 0 Å². The first-order chi connectivity index (χ1) is 5.83. The molecule has 74 valence electrons. The highest BCUT2D eigenvalue weighted by atomic mass is 32.2. The number of allylic oxidation sites excluding steroid dienone is 1. The maximum absolute atomic E-state index is 10.7. The van der Waals surface area contributed by atoms with Crippen LogP contribution in [0.2, 0.25) is 19.6 Å². The Bertz CT molecular complexity index is 234. The van der Waals surface area contributed by atoms with Gasteiger partial charge in [0.05, 0.1) is 0 Å². The van der Waals surface area contributed by atoms with Gasteiger partial charge in [0.15, 0.2) is 5.25 Å². The molecule has 2 N–H and O–H groups in total. The van der Waals surface area contributed by atoms with E-state index in [4.69, 9.17) is 5.14 Å². The molecular weight excluding hydrogens is 198 g/mol. The van der Waals surface area contributed by atoms with Crippen molar-refractivity contribution in [1.29, 1.82) is 0 Å². The average molecular weight is 215 g/mol. The molecule has 0 amide bonds. The molecule has 2 unspecified atom stereocenters. The fourth-order valence-corrected chi connectivity index (χ4v) is 1.27. The molecule has 0 saturated heterocycles. The van der Waals surface area contributed by atoms with Crippen molar-refractivity contribution in [3.63, 3.8) is 0 Å². The minimum absolute atomic E-state index is 0.115. The van der Waals surface area contributed by atoms with Gasteiger partial charge in [-0.2, -0.15) is 5.14 Å². The smallest absolute Gasteiger partial charge is 0.151 e. The predicted molar refractivity (Wildman–Crippen MR) is 62.1 cm³/mol. The summed E-state index contributed by atoms with van der Waals surface area (Å²) in [6.45, 7) is 8.35. The van der Waals surface area contributed by atoms with E-state index < -0.39 is 19.4 Å². The van der Waals surface area contributed by atoms with Crippen LogP contribution in [0.4, 0.5) is 0 Å². The zero-order valence-electron chi connectivity index (χ0n) is 8.63. The van der Waals surface area contributed by atoms with E-state index in [1.54, 1.807) is 12.2 Å². The Morgan fingerprint density at radius 2 is 2.00 bits per heavy atom. The molecule has 0 aromatic rings. The minimum Gasteiger partial charge on any atom is -0.598 e. The van der Waals surface area contributed by atoms with Gasteiger partial charge in [0.1, 0.15) is 8.07 Å². The van der Waals surface area contributed by atoms with Crippen molar-refractivity contribution in [2.24, 2.45) is 5.14 Å². The monoisotopic (exact) mass is 215 g/mol. The lowest BCUT2D eigenvalue weighted by Crippen LogP contribution is -2.23. The van der Waals surface area contributed by atoms with Crippen LogP contribution in [0, 0.1) is 11.5 Å². The largest absolute Gasteiger partial charge is 0.598 e. The van der Waals surface area contributed by atoms with Gasteiger partial charge >= 0.3 is 0 Å². The molecule has 4 heteroatoms. The summed E-state index contributed by atoms with van der Waals surface area (Å²) in [6, 6.07) is 0. The predicted octanol–water partition coefficient (Wildman–Crippen LogP) is 1.43. The van der Waals surface area contributed by atoms with Gasteiger partial charge in [-0.25, -0.2) is 0 Å². The highest BCUT2D eigenvalue weighted by Crippen LogP contribution is 1.98. The fourth-order valence-electron chi connectivity index (χ4n) is 0.519. The summed E-state index contributed by atoms with van der Waals surface area (Å²) < 4.78 is 10.7. The zero-order valence-corrected chi connectivity index (χ0v) is 10.4. The van der Waals surface area contributed by atoms with Crippen LogP contribution in [0.5, 0.6) is 0 Å². The Morgan fingerprint density at radius 3 is 2.38 bits per heavy atom. The number of nitrogens with two attached hydrogens (primary N) is 1. The van der Waals surface area contributed by atoms with Crippen molar-refractivity contribution in [2.75, 3.05) is 0 Å². The Labute approximate surface area is 84.9 Å². The van der Waals surface area contributed by atoms with Crippen LogP contribution < -0.4 is 5.14 Å². The molecule has 0 aliphatic heterocycles. The lowest BCUT2D eigenvalue weighted by atomic mass is 10.4. The summed E-state index contributed by atoms with van der Waals surface area (Å²) in [5.41, 5.74) is 3.18. The summed E-state index contributed by atoms with van der Waals surface area (Å²) in [5, 5.41) is 5.07. The van der Waals surface area contributed by atoms with Crippen LogP contribution in [0.1, 0.15) is 6.92 Å². The maximum atomic E-state index is 10.7. The van der Waals surface area contributed by atoms with E-state index in [0.29, 0.717) is 0 Å². The molecule has 0 fully saturated rings. The second-order valence-corrected chi connectivity index (χ2v) is 10.1. The molecule has 0 radical (unpaired) electrons. The van der Waals surface area contributed by atoms with Gasteiger partial charge in [0.25, 0.3) is 0 Å². The fraction of sp³-hybridized carbons (Fsp3) is 0.556. The van der Waals surface area contributed by atoms with E-state index in [2.05, 4.69) is 31.1 Å². The van der Waals surface area contributed by atoms with E-state index >= 15 is 0 Å². The van der Waals surface area contributed by atoms with E-state index in [-0.39, 0.29) is 5.25 Å². The quantitative estimate of drug-likeness (QED) is 0.430. The second kappa shape index (κ2) is 5.50. The van der Waals surface area contributed by atoms with Gasteiger partial charge in [-0.1, -0.05) is 25.6 Å². The Balaban J connectivity index is 4.06.